The summed E-state index contributed by atoms with van der Waals surface area (Å²) in [7, 11) is 0. The van der Waals surface area contributed by atoms with Gasteiger partial charge in [-0.15, -0.1) is 0 Å². The molecule has 2 atom stereocenters. The number of aromatic carboxylic acids is 1. The van der Waals surface area contributed by atoms with Gasteiger partial charge in [0.25, 0.3) is 0 Å². The van der Waals surface area contributed by atoms with Crippen LogP contribution in [0, 0.1) is 0 Å². The van der Waals surface area contributed by atoms with Crippen molar-refractivity contribution < 1.29 is 35.1 Å². The number of aliphatic hydroxyl groups excluding tert-OH is 2. The van der Waals surface area contributed by atoms with Crippen LogP contribution in [0.1, 0.15) is 22.0 Å². The lowest BCUT2D eigenvalue weighted by Crippen LogP contribution is -2.33. The van der Waals surface area contributed by atoms with Crippen molar-refractivity contribution >= 4 is 11.9 Å². The fourth-order valence-corrected chi connectivity index (χ4v) is 1.36. The summed E-state index contributed by atoms with van der Waals surface area (Å²) in [5.74, 6) is -4.22. The first-order valence-corrected chi connectivity index (χ1v) is 4.70. The first-order chi connectivity index (χ1) is 8.25. The molecule has 18 heavy (non-hydrogen) atoms. The Morgan fingerprint density at radius 1 is 1.11 bits per heavy atom. The van der Waals surface area contributed by atoms with Gasteiger partial charge in [-0.25, -0.2) is 4.79 Å². The Kier molecular flexibility index (Phi) is 3.74. The van der Waals surface area contributed by atoms with Crippen LogP contribution >= 0.6 is 0 Å². The highest BCUT2D eigenvalue weighted by atomic mass is 16.4. The van der Waals surface area contributed by atoms with Crippen LogP contribution in [-0.2, 0) is 4.79 Å². The first-order valence-electron chi connectivity index (χ1n) is 4.70. The van der Waals surface area contributed by atoms with Crippen LogP contribution in [-0.4, -0.2) is 43.5 Å². The maximum Gasteiger partial charge on any atom is 0.335 e. The van der Waals surface area contributed by atoms with E-state index in [2.05, 4.69) is 0 Å². The molecule has 0 aromatic heterocycles. The number of benzene rings is 1. The molecule has 0 saturated heterocycles. The minimum atomic E-state index is -2.04. The quantitative estimate of drug-likeness (QED) is 0.389. The molecule has 0 aliphatic carbocycles. The Labute approximate surface area is 101 Å². The SMILES string of the molecule is NC(=O)C(O)C(O)c1c(O)cc(C(=O)O)cc1O. The van der Waals surface area contributed by atoms with Crippen LogP contribution < -0.4 is 5.73 Å². The number of carbonyl (C=O) groups excluding carboxylic acids is 1. The molecule has 2 unspecified atom stereocenters. The van der Waals surface area contributed by atoms with Gasteiger partial charge in [0.15, 0.2) is 6.10 Å². The summed E-state index contributed by atoms with van der Waals surface area (Å²) < 4.78 is 0. The number of rotatable bonds is 4. The molecule has 1 rings (SSSR count). The average molecular weight is 257 g/mol. The monoisotopic (exact) mass is 257 g/mol. The number of carboxylic acids is 1. The van der Waals surface area contributed by atoms with Gasteiger partial charge in [0.2, 0.25) is 5.91 Å². The summed E-state index contributed by atoms with van der Waals surface area (Å²) in [5.41, 5.74) is 3.75. The number of aromatic hydroxyl groups is 2. The summed E-state index contributed by atoms with van der Waals surface area (Å²) in [6.07, 6.45) is -4.01. The third-order valence-corrected chi connectivity index (χ3v) is 2.27. The minimum absolute atomic E-state index is 0.422. The number of amides is 1. The summed E-state index contributed by atoms with van der Waals surface area (Å²) >= 11 is 0. The number of aliphatic hydroxyl groups is 2. The van der Waals surface area contributed by atoms with Crippen molar-refractivity contribution in [1.29, 1.82) is 0 Å². The number of phenols is 2. The van der Waals surface area contributed by atoms with Gasteiger partial charge < -0.3 is 31.3 Å². The molecule has 0 aliphatic heterocycles. The number of phenolic OH excluding ortho intramolecular Hbond substituents is 2. The number of nitrogens with two attached hydrogens (primary N) is 1. The normalized spacial score (nSPS) is 13.9. The lowest BCUT2D eigenvalue weighted by molar-refractivity contribution is -0.132. The maximum absolute atomic E-state index is 10.7. The summed E-state index contributed by atoms with van der Waals surface area (Å²) in [5, 5.41) is 46.3. The second kappa shape index (κ2) is 4.90. The van der Waals surface area contributed by atoms with Gasteiger partial charge >= 0.3 is 5.97 Å². The van der Waals surface area contributed by atoms with Gasteiger partial charge in [-0.1, -0.05) is 0 Å². The molecular formula is C10H11NO7. The lowest BCUT2D eigenvalue weighted by Gasteiger charge is -2.17. The van der Waals surface area contributed by atoms with Crippen molar-refractivity contribution in [1.82, 2.24) is 0 Å². The van der Waals surface area contributed by atoms with Crippen LogP contribution in [0.25, 0.3) is 0 Å². The molecule has 7 N–H and O–H groups in total. The topological polar surface area (TPSA) is 161 Å². The number of carbonyl (C=O) groups is 2. The zero-order valence-corrected chi connectivity index (χ0v) is 8.94. The van der Waals surface area contributed by atoms with Crippen molar-refractivity contribution in [3.63, 3.8) is 0 Å². The average Bonchev–Trinajstić information content (AvgIpc) is 2.26. The molecule has 1 aromatic carbocycles. The van der Waals surface area contributed by atoms with Crippen molar-refractivity contribution in [2.75, 3.05) is 0 Å². The number of primary amides is 1. The van der Waals surface area contributed by atoms with E-state index in [1.54, 1.807) is 0 Å². The third-order valence-electron chi connectivity index (χ3n) is 2.27. The highest BCUT2D eigenvalue weighted by Crippen LogP contribution is 2.35. The molecule has 0 aliphatic rings. The van der Waals surface area contributed by atoms with Crippen molar-refractivity contribution in [3.05, 3.63) is 23.3 Å². The zero-order chi connectivity index (χ0) is 14.0. The molecule has 0 fully saturated rings. The number of carboxylic acid groups (broad SMARTS) is 1. The molecule has 0 radical (unpaired) electrons. The van der Waals surface area contributed by atoms with Crippen LogP contribution in [0.4, 0.5) is 0 Å². The molecule has 0 bridgehead atoms. The Balaban J connectivity index is 3.26. The molecular weight excluding hydrogens is 246 g/mol. The van der Waals surface area contributed by atoms with Gasteiger partial charge in [0.05, 0.1) is 11.1 Å². The Morgan fingerprint density at radius 2 is 1.56 bits per heavy atom. The molecule has 0 saturated carbocycles. The van der Waals surface area contributed by atoms with Gasteiger partial charge in [0, 0.05) is 0 Å². The lowest BCUT2D eigenvalue weighted by atomic mass is 9.99. The van der Waals surface area contributed by atoms with Crippen LogP contribution in [0.2, 0.25) is 0 Å². The second-order valence-corrected chi connectivity index (χ2v) is 3.53. The molecule has 1 aromatic rings. The number of hydrogen-bond acceptors (Lipinski definition) is 6. The largest absolute Gasteiger partial charge is 0.507 e. The van der Waals surface area contributed by atoms with E-state index in [-0.39, 0.29) is 0 Å². The molecule has 0 spiro atoms. The van der Waals surface area contributed by atoms with Crippen molar-refractivity contribution in [2.45, 2.75) is 12.2 Å². The van der Waals surface area contributed by atoms with Gasteiger partial charge in [0.1, 0.15) is 17.6 Å². The smallest absolute Gasteiger partial charge is 0.335 e. The van der Waals surface area contributed by atoms with Crippen LogP contribution in [0.15, 0.2) is 12.1 Å². The van der Waals surface area contributed by atoms with Gasteiger partial charge in [-0.2, -0.15) is 0 Å². The van der Waals surface area contributed by atoms with E-state index in [1.807, 2.05) is 0 Å². The van der Waals surface area contributed by atoms with E-state index in [0.717, 1.165) is 12.1 Å². The van der Waals surface area contributed by atoms with Crippen molar-refractivity contribution in [2.24, 2.45) is 5.73 Å². The van der Waals surface area contributed by atoms with E-state index in [4.69, 9.17) is 10.8 Å². The molecule has 1 amide bonds. The minimum Gasteiger partial charge on any atom is -0.507 e. The zero-order valence-electron chi connectivity index (χ0n) is 8.94. The van der Waals surface area contributed by atoms with E-state index >= 15 is 0 Å². The predicted octanol–water partition coefficient (Wildman–Crippen LogP) is -1.32. The van der Waals surface area contributed by atoms with E-state index in [9.17, 15) is 30.0 Å². The van der Waals surface area contributed by atoms with Gasteiger partial charge in [-0.3, -0.25) is 4.79 Å². The Hall–Kier alpha value is -2.32. The fourth-order valence-electron chi connectivity index (χ4n) is 1.36. The molecule has 0 heterocycles. The highest BCUT2D eigenvalue weighted by molar-refractivity contribution is 5.89. The van der Waals surface area contributed by atoms with Gasteiger partial charge in [-0.05, 0) is 12.1 Å². The van der Waals surface area contributed by atoms with Crippen LogP contribution in [0.3, 0.4) is 0 Å². The van der Waals surface area contributed by atoms with E-state index < -0.39 is 46.7 Å². The second-order valence-electron chi connectivity index (χ2n) is 3.53. The summed E-state index contributed by atoms with van der Waals surface area (Å²) in [6.45, 7) is 0. The highest BCUT2D eigenvalue weighted by Gasteiger charge is 2.29. The van der Waals surface area contributed by atoms with Crippen LogP contribution in [0.5, 0.6) is 11.5 Å². The molecule has 98 valence electrons. The molecule has 8 heteroatoms. The number of hydrogen-bond donors (Lipinski definition) is 6. The standard InChI is InChI=1S/C10H11NO7/c11-9(16)8(15)7(14)6-4(12)1-3(10(17)18)2-5(6)13/h1-2,7-8,12-15H,(H2,11,16)(H,17,18). The Morgan fingerprint density at radius 3 is 1.89 bits per heavy atom. The fraction of sp³-hybridized carbons (Fsp3) is 0.200. The maximum atomic E-state index is 10.7. The van der Waals surface area contributed by atoms with E-state index in [1.165, 1.54) is 0 Å². The Bertz CT molecular complexity index is 476. The predicted molar refractivity (Wildman–Crippen MR) is 56.9 cm³/mol. The summed E-state index contributed by atoms with van der Waals surface area (Å²) in [6, 6.07) is 1.52. The summed E-state index contributed by atoms with van der Waals surface area (Å²) in [4.78, 5) is 21.3. The van der Waals surface area contributed by atoms with E-state index in [0.29, 0.717) is 0 Å². The van der Waals surface area contributed by atoms with Crippen molar-refractivity contribution in [3.8, 4) is 11.5 Å². The first kappa shape index (κ1) is 13.7. The third kappa shape index (κ3) is 2.50. The molecule has 8 nitrogen and oxygen atoms in total.